The molecule has 8 heteroatoms. The molecule has 0 unspecified atom stereocenters. The Balaban J connectivity index is 1.48. The van der Waals surface area contributed by atoms with E-state index in [9.17, 15) is 9.59 Å². The number of anilines is 1. The van der Waals surface area contributed by atoms with Gasteiger partial charge < -0.3 is 24.1 Å². The van der Waals surface area contributed by atoms with Crippen molar-refractivity contribution in [3.8, 4) is 11.5 Å². The Bertz CT molecular complexity index is 1270. The number of carbonyl (C=O) groups is 2. The number of furan rings is 1. The zero-order valence-corrected chi connectivity index (χ0v) is 20.3. The number of amides is 2. The average molecular weight is 491 g/mol. The smallest absolute Gasteiger partial charge is 0.291 e. The first-order valence-electron chi connectivity index (χ1n) is 11.1. The van der Waals surface area contributed by atoms with E-state index in [-0.39, 0.29) is 11.7 Å². The molecule has 0 saturated carbocycles. The SMILES string of the molecule is CCN(Cc1ccc(OCc2cccs2)c(OC)c1)C(=O)c1ccccc1NC(=O)c1ccco1. The molecule has 1 N–H and O–H groups in total. The van der Waals surface area contributed by atoms with Crippen molar-refractivity contribution in [1.82, 2.24) is 4.90 Å². The number of hydrogen-bond acceptors (Lipinski definition) is 6. The Morgan fingerprint density at radius 3 is 2.60 bits per heavy atom. The van der Waals surface area contributed by atoms with Gasteiger partial charge in [0.05, 0.1) is 24.6 Å². The van der Waals surface area contributed by atoms with Crippen LogP contribution in [0.15, 0.2) is 82.8 Å². The number of carbonyl (C=O) groups excluding carboxylic acids is 2. The molecule has 2 aromatic carbocycles. The first kappa shape index (κ1) is 24.1. The third-order valence-electron chi connectivity index (χ3n) is 5.37. The minimum absolute atomic E-state index is 0.174. The van der Waals surface area contributed by atoms with Crippen LogP contribution in [0.3, 0.4) is 0 Å². The molecule has 0 aliphatic carbocycles. The van der Waals surface area contributed by atoms with Gasteiger partial charge in [-0.15, -0.1) is 11.3 Å². The number of nitrogens with zero attached hydrogens (tertiary/aromatic N) is 1. The van der Waals surface area contributed by atoms with E-state index in [2.05, 4.69) is 5.32 Å². The highest BCUT2D eigenvalue weighted by Gasteiger charge is 2.20. The monoisotopic (exact) mass is 490 g/mol. The van der Waals surface area contributed by atoms with Crippen LogP contribution in [0.2, 0.25) is 0 Å². The lowest BCUT2D eigenvalue weighted by atomic mass is 10.1. The molecule has 0 aliphatic rings. The van der Waals surface area contributed by atoms with Crippen molar-refractivity contribution in [3.63, 3.8) is 0 Å². The fraction of sp³-hybridized carbons (Fsp3) is 0.185. The van der Waals surface area contributed by atoms with Crippen molar-refractivity contribution in [3.05, 3.63) is 100 Å². The first-order chi connectivity index (χ1) is 17.1. The van der Waals surface area contributed by atoms with Gasteiger partial charge in [-0.3, -0.25) is 9.59 Å². The number of nitrogens with one attached hydrogen (secondary N) is 1. The molecule has 0 radical (unpaired) electrons. The predicted octanol–water partition coefficient (Wildman–Crippen LogP) is 5.84. The summed E-state index contributed by atoms with van der Waals surface area (Å²) in [5.41, 5.74) is 1.72. The van der Waals surface area contributed by atoms with Crippen molar-refractivity contribution < 1.29 is 23.5 Å². The van der Waals surface area contributed by atoms with E-state index < -0.39 is 5.91 Å². The third-order valence-corrected chi connectivity index (χ3v) is 6.22. The van der Waals surface area contributed by atoms with Crippen molar-refractivity contribution in [2.75, 3.05) is 19.0 Å². The Labute approximate surface area is 207 Å². The van der Waals surface area contributed by atoms with Crippen molar-refractivity contribution >= 4 is 28.8 Å². The Morgan fingerprint density at radius 1 is 1.03 bits per heavy atom. The fourth-order valence-corrected chi connectivity index (χ4v) is 4.18. The number of benzene rings is 2. The van der Waals surface area contributed by atoms with Crippen LogP contribution >= 0.6 is 11.3 Å². The molecule has 4 aromatic rings. The maximum absolute atomic E-state index is 13.4. The summed E-state index contributed by atoms with van der Waals surface area (Å²) in [4.78, 5) is 28.7. The van der Waals surface area contributed by atoms with Crippen LogP contribution < -0.4 is 14.8 Å². The van der Waals surface area contributed by atoms with Gasteiger partial charge in [-0.25, -0.2) is 0 Å². The molecule has 7 nitrogen and oxygen atoms in total. The molecule has 0 atom stereocenters. The maximum atomic E-state index is 13.4. The molecular formula is C27H26N2O5S. The molecule has 0 spiro atoms. The van der Waals surface area contributed by atoms with Crippen LogP contribution in [0, 0.1) is 0 Å². The summed E-state index contributed by atoms with van der Waals surface area (Å²) in [7, 11) is 1.60. The standard InChI is InChI=1S/C27H26N2O5S/c1-3-29(17-19-12-13-23(25(16-19)32-2)34-18-20-8-7-15-35-20)27(31)21-9-4-5-10-22(21)28-26(30)24-11-6-14-33-24/h4-16H,3,17-18H2,1-2H3,(H,28,30). The number of methoxy groups -OCH3 is 1. The molecular weight excluding hydrogens is 464 g/mol. The number of ether oxygens (including phenoxy) is 2. The zero-order chi connectivity index (χ0) is 24.6. The number of rotatable bonds is 10. The second kappa shape index (κ2) is 11.4. The molecule has 0 aliphatic heterocycles. The van der Waals surface area contributed by atoms with E-state index in [0.717, 1.165) is 10.4 Å². The molecule has 4 rings (SSSR count). The van der Waals surface area contributed by atoms with Gasteiger partial charge in [-0.1, -0.05) is 24.3 Å². The van der Waals surface area contributed by atoms with Gasteiger partial charge in [0.25, 0.3) is 11.8 Å². The van der Waals surface area contributed by atoms with E-state index in [4.69, 9.17) is 13.9 Å². The van der Waals surface area contributed by atoms with Crippen molar-refractivity contribution in [2.24, 2.45) is 0 Å². The van der Waals surface area contributed by atoms with E-state index in [1.165, 1.54) is 6.26 Å². The Morgan fingerprint density at radius 2 is 1.89 bits per heavy atom. The average Bonchev–Trinajstić information content (AvgIpc) is 3.61. The lowest BCUT2D eigenvalue weighted by Crippen LogP contribution is -2.31. The summed E-state index contributed by atoms with van der Waals surface area (Å²) >= 11 is 1.63. The predicted molar refractivity (Wildman–Crippen MR) is 135 cm³/mol. The Kier molecular flexibility index (Phi) is 7.84. The van der Waals surface area contributed by atoms with E-state index in [0.29, 0.717) is 42.4 Å². The van der Waals surface area contributed by atoms with Gasteiger partial charge in [0.15, 0.2) is 17.3 Å². The van der Waals surface area contributed by atoms with Crippen LogP contribution in [-0.2, 0) is 13.2 Å². The van der Waals surface area contributed by atoms with Gasteiger partial charge >= 0.3 is 0 Å². The summed E-state index contributed by atoms with van der Waals surface area (Å²) in [5.74, 6) is 0.813. The molecule has 0 bridgehead atoms. The number of hydrogen-bond donors (Lipinski definition) is 1. The molecule has 0 saturated heterocycles. The maximum Gasteiger partial charge on any atom is 0.291 e. The quantitative estimate of drug-likeness (QED) is 0.302. The summed E-state index contributed by atoms with van der Waals surface area (Å²) in [6.07, 6.45) is 1.43. The number of thiophene rings is 1. The van der Waals surface area contributed by atoms with Gasteiger partial charge in [0, 0.05) is 18.0 Å². The van der Waals surface area contributed by atoms with E-state index in [1.807, 2.05) is 42.6 Å². The number of para-hydroxylation sites is 1. The lowest BCUT2D eigenvalue weighted by Gasteiger charge is -2.23. The Hall–Kier alpha value is -4.04. The summed E-state index contributed by atoms with van der Waals surface area (Å²) < 4.78 is 16.6. The second-order valence-electron chi connectivity index (χ2n) is 7.65. The van der Waals surface area contributed by atoms with Crippen LogP contribution in [0.25, 0.3) is 0 Å². The molecule has 180 valence electrons. The van der Waals surface area contributed by atoms with E-state index in [1.54, 1.807) is 59.7 Å². The van der Waals surface area contributed by atoms with Crippen LogP contribution in [0.4, 0.5) is 5.69 Å². The largest absolute Gasteiger partial charge is 0.493 e. The van der Waals surface area contributed by atoms with Gasteiger partial charge in [-0.2, -0.15) is 0 Å². The normalized spacial score (nSPS) is 10.6. The summed E-state index contributed by atoms with van der Waals surface area (Å²) in [6.45, 7) is 3.24. The molecule has 2 amide bonds. The molecule has 2 heterocycles. The minimum atomic E-state index is -0.416. The van der Waals surface area contributed by atoms with Crippen molar-refractivity contribution in [1.29, 1.82) is 0 Å². The van der Waals surface area contributed by atoms with Crippen LogP contribution in [0.5, 0.6) is 11.5 Å². The topological polar surface area (TPSA) is 81.0 Å². The highest BCUT2D eigenvalue weighted by molar-refractivity contribution is 7.09. The minimum Gasteiger partial charge on any atom is -0.493 e. The van der Waals surface area contributed by atoms with Gasteiger partial charge in [0.1, 0.15) is 6.61 Å². The molecule has 35 heavy (non-hydrogen) atoms. The highest BCUT2D eigenvalue weighted by Crippen LogP contribution is 2.30. The molecule has 0 fully saturated rings. The van der Waals surface area contributed by atoms with Crippen molar-refractivity contribution in [2.45, 2.75) is 20.1 Å². The van der Waals surface area contributed by atoms with Gasteiger partial charge in [0.2, 0.25) is 0 Å². The third kappa shape index (κ3) is 5.91. The van der Waals surface area contributed by atoms with Gasteiger partial charge in [-0.05, 0) is 60.3 Å². The zero-order valence-electron chi connectivity index (χ0n) is 19.5. The molecule has 2 aromatic heterocycles. The van der Waals surface area contributed by atoms with Crippen LogP contribution in [-0.4, -0.2) is 30.4 Å². The summed E-state index contributed by atoms with van der Waals surface area (Å²) in [6, 6.07) is 19.8. The first-order valence-corrected chi connectivity index (χ1v) is 12.0. The second-order valence-corrected chi connectivity index (χ2v) is 8.68. The lowest BCUT2D eigenvalue weighted by molar-refractivity contribution is 0.0753. The van der Waals surface area contributed by atoms with E-state index >= 15 is 0 Å². The highest BCUT2D eigenvalue weighted by atomic mass is 32.1. The summed E-state index contributed by atoms with van der Waals surface area (Å²) in [5, 5.41) is 4.78. The van der Waals surface area contributed by atoms with Crippen LogP contribution in [0.1, 0.15) is 38.3 Å². The fourth-order valence-electron chi connectivity index (χ4n) is 3.56.